The van der Waals surface area contributed by atoms with E-state index in [1.807, 2.05) is 24.3 Å². The van der Waals surface area contributed by atoms with E-state index in [0.29, 0.717) is 22.9 Å². The fourth-order valence-electron chi connectivity index (χ4n) is 1.94. The highest BCUT2D eigenvalue weighted by molar-refractivity contribution is 9.10. The SMILES string of the molecule is COc1ccc(OC)c(NC(=O)CCOc2cccc(Br)c2)c1. The number of rotatable bonds is 7. The molecule has 0 aliphatic carbocycles. The van der Waals surface area contributed by atoms with Gasteiger partial charge in [0.1, 0.15) is 17.2 Å². The largest absolute Gasteiger partial charge is 0.497 e. The standard InChI is InChI=1S/C17H18BrNO4/c1-21-13-6-7-16(22-2)15(11-13)19-17(20)8-9-23-14-5-3-4-12(18)10-14/h3-7,10-11H,8-9H2,1-2H3,(H,19,20). The summed E-state index contributed by atoms with van der Waals surface area (Å²) in [6, 6.07) is 12.7. The summed E-state index contributed by atoms with van der Waals surface area (Å²) in [6.07, 6.45) is 0.229. The summed E-state index contributed by atoms with van der Waals surface area (Å²) in [7, 11) is 3.12. The van der Waals surface area contributed by atoms with Gasteiger partial charge in [0.25, 0.3) is 0 Å². The monoisotopic (exact) mass is 379 g/mol. The van der Waals surface area contributed by atoms with Gasteiger partial charge >= 0.3 is 0 Å². The number of hydrogen-bond donors (Lipinski definition) is 1. The third kappa shape index (κ3) is 5.17. The third-order valence-corrected chi connectivity index (χ3v) is 3.57. The van der Waals surface area contributed by atoms with Gasteiger partial charge in [0.2, 0.25) is 5.91 Å². The minimum atomic E-state index is -0.161. The van der Waals surface area contributed by atoms with Crippen LogP contribution in [0, 0.1) is 0 Å². The van der Waals surface area contributed by atoms with Gasteiger partial charge in [-0.1, -0.05) is 22.0 Å². The second-order valence-electron chi connectivity index (χ2n) is 4.67. The molecule has 0 radical (unpaired) electrons. The van der Waals surface area contributed by atoms with Gasteiger partial charge in [-0.05, 0) is 30.3 Å². The molecule has 0 atom stereocenters. The molecule has 5 nitrogen and oxygen atoms in total. The van der Waals surface area contributed by atoms with Crippen molar-refractivity contribution in [3.63, 3.8) is 0 Å². The number of hydrogen-bond acceptors (Lipinski definition) is 4. The molecule has 0 aliphatic rings. The molecule has 0 unspecified atom stereocenters. The van der Waals surface area contributed by atoms with Gasteiger partial charge in [-0.2, -0.15) is 0 Å². The zero-order chi connectivity index (χ0) is 16.7. The molecule has 0 fully saturated rings. The second kappa shape index (κ2) is 8.43. The highest BCUT2D eigenvalue weighted by Crippen LogP contribution is 2.29. The minimum Gasteiger partial charge on any atom is -0.497 e. The van der Waals surface area contributed by atoms with Crippen molar-refractivity contribution in [1.29, 1.82) is 0 Å². The first-order chi connectivity index (χ1) is 11.1. The Morgan fingerprint density at radius 2 is 1.91 bits per heavy atom. The van der Waals surface area contributed by atoms with E-state index in [0.717, 1.165) is 4.47 Å². The number of carbonyl (C=O) groups is 1. The van der Waals surface area contributed by atoms with Crippen LogP contribution in [0.5, 0.6) is 17.2 Å². The van der Waals surface area contributed by atoms with Crippen molar-refractivity contribution < 1.29 is 19.0 Å². The molecule has 0 aliphatic heterocycles. The van der Waals surface area contributed by atoms with Gasteiger partial charge in [0.15, 0.2) is 0 Å². The summed E-state index contributed by atoms with van der Waals surface area (Å²) in [5, 5.41) is 2.80. The molecule has 0 saturated carbocycles. The van der Waals surface area contributed by atoms with Crippen molar-refractivity contribution >= 4 is 27.5 Å². The van der Waals surface area contributed by atoms with Gasteiger partial charge < -0.3 is 19.5 Å². The maximum Gasteiger partial charge on any atom is 0.227 e. The summed E-state index contributed by atoms with van der Waals surface area (Å²) < 4.78 is 16.9. The molecule has 2 rings (SSSR count). The molecule has 0 heterocycles. The van der Waals surface area contributed by atoms with E-state index < -0.39 is 0 Å². The molecule has 2 aromatic carbocycles. The van der Waals surface area contributed by atoms with E-state index >= 15 is 0 Å². The van der Waals surface area contributed by atoms with Crippen LogP contribution in [0.3, 0.4) is 0 Å². The Morgan fingerprint density at radius 1 is 1.09 bits per heavy atom. The highest BCUT2D eigenvalue weighted by Gasteiger charge is 2.09. The molecule has 0 aromatic heterocycles. The Bertz CT molecular complexity index is 675. The lowest BCUT2D eigenvalue weighted by molar-refractivity contribution is -0.116. The maximum atomic E-state index is 12.0. The maximum absolute atomic E-state index is 12.0. The number of amides is 1. The van der Waals surface area contributed by atoms with E-state index in [1.54, 1.807) is 32.4 Å². The Hall–Kier alpha value is -2.21. The van der Waals surface area contributed by atoms with Gasteiger partial charge in [0, 0.05) is 10.5 Å². The van der Waals surface area contributed by atoms with Crippen LogP contribution in [0.4, 0.5) is 5.69 Å². The van der Waals surface area contributed by atoms with E-state index in [-0.39, 0.29) is 18.9 Å². The molecule has 2 aromatic rings. The molecule has 122 valence electrons. The first kappa shape index (κ1) is 17.1. The zero-order valence-electron chi connectivity index (χ0n) is 13.0. The van der Waals surface area contributed by atoms with Crippen molar-refractivity contribution in [2.24, 2.45) is 0 Å². The predicted molar refractivity (Wildman–Crippen MR) is 92.4 cm³/mol. The van der Waals surface area contributed by atoms with E-state index in [1.165, 1.54) is 0 Å². The van der Waals surface area contributed by atoms with Gasteiger partial charge in [-0.25, -0.2) is 0 Å². The normalized spacial score (nSPS) is 10.0. The molecule has 6 heteroatoms. The second-order valence-corrected chi connectivity index (χ2v) is 5.59. The first-order valence-electron chi connectivity index (χ1n) is 7.02. The topological polar surface area (TPSA) is 56.8 Å². The Kier molecular flexibility index (Phi) is 6.29. The lowest BCUT2D eigenvalue weighted by Gasteiger charge is -2.12. The molecule has 1 amide bonds. The molecule has 0 spiro atoms. The van der Waals surface area contributed by atoms with Crippen LogP contribution >= 0.6 is 15.9 Å². The molecule has 1 N–H and O–H groups in total. The van der Waals surface area contributed by atoms with Crippen LogP contribution in [0.1, 0.15) is 6.42 Å². The molecule has 23 heavy (non-hydrogen) atoms. The summed E-state index contributed by atoms with van der Waals surface area (Å²) in [5.41, 5.74) is 0.569. The fraction of sp³-hybridized carbons (Fsp3) is 0.235. The molecular weight excluding hydrogens is 362 g/mol. The van der Waals surface area contributed by atoms with Crippen molar-refractivity contribution in [3.05, 3.63) is 46.9 Å². The average Bonchev–Trinajstić information content (AvgIpc) is 2.55. The number of nitrogens with one attached hydrogen (secondary N) is 1. The van der Waals surface area contributed by atoms with Crippen molar-refractivity contribution in [2.75, 3.05) is 26.1 Å². The van der Waals surface area contributed by atoms with Crippen molar-refractivity contribution in [1.82, 2.24) is 0 Å². The van der Waals surface area contributed by atoms with Gasteiger partial charge in [0.05, 0.1) is 32.9 Å². The summed E-state index contributed by atoms with van der Waals surface area (Å²) in [6.45, 7) is 0.286. The van der Waals surface area contributed by atoms with E-state index in [4.69, 9.17) is 14.2 Å². The van der Waals surface area contributed by atoms with Crippen molar-refractivity contribution in [3.8, 4) is 17.2 Å². The number of ether oxygens (including phenoxy) is 3. The van der Waals surface area contributed by atoms with E-state index in [9.17, 15) is 4.79 Å². The quantitative estimate of drug-likeness (QED) is 0.792. The van der Waals surface area contributed by atoms with Crippen LogP contribution in [0.15, 0.2) is 46.9 Å². The Morgan fingerprint density at radius 3 is 2.61 bits per heavy atom. The summed E-state index contributed by atoms with van der Waals surface area (Å²) >= 11 is 3.37. The first-order valence-corrected chi connectivity index (χ1v) is 7.82. The molecular formula is C17H18BrNO4. The average molecular weight is 380 g/mol. The predicted octanol–water partition coefficient (Wildman–Crippen LogP) is 3.87. The number of anilines is 1. The van der Waals surface area contributed by atoms with Crippen LogP contribution in [0.25, 0.3) is 0 Å². The lowest BCUT2D eigenvalue weighted by atomic mass is 10.2. The number of carbonyl (C=O) groups excluding carboxylic acids is 1. The van der Waals surface area contributed by atoms with Crippen molar-refractivity contribution in [2.45, 2.75) is 6.42 Å². The van der Waals surface area contributed by atoms with Gasteiger partial charge in [-0.3, -0.25) is 4.79 Å². The van der Waals surface area contributed by atoms with Crippen LogP contribution < -0.4 is 19.5 Å². The number of benzene rings is 2. The Labute approximate surface area is 143 Å². The summed E-state index contributed by atoms with van der Waals surface area (Å²) in [4.78, 5) is 12.0. The molecule has 0 bridgehead atoms. The minimum absolute atomic E-state index is 0.161. The summed E-state index contributed by atoms with van der Waals surface area (Å²) in [5.74, 6) is 1.77. The van der Waals surface area contributed by atoms with Gasteiger partial charge in [-0.15, -0.1) is 0 Å². The molecule has 0 saturated heterocycles. The van der Waals surface area contributed by atoms with Crippen LogP contribution in [-0.2, 0) is 4.79 Å². The lowest BCUT2D eigenvalue weighted by Crippen LogP contribution is -2.15. The fourth-order valence-corrected chi connectivity index (χ4v) is 2.32. The number of halogens is 1. The van der Waals surface area contributed by atoms with E-state index in [2.05, 4.69) is 21.2 Å². The zero-order valence-corrected chi connectivity index (χ0v) is 14.6. The Balaban J connectivity index is 1.89. The van der Waals surface area contributed by atoms with Crippen LogP contribution in [-0.4, -0.2) is 26.7 Å². The third-order valence-electron chi connectivity index (χ3n) is 3.07. The van der Waals surface area contributed by atoms with Crippen LogP contribution in [0.2, 0.25) is 0 Å². The highest BCUT2D eigenvalue weighted by atomic mass is 79.9. The number of methoxy groups -OCH3 is 2. The smallest absolute Gasteiger partial charge is 0.227 e.